The molecule has 1 atom stereocenters. The van der Waals surface area contributed by atoms with E-state index in [9.17, 15) is 5.11 Å². The highest BCUT2D eigenvalue weighted by Gasteiger charge is 2.13. The van der Waals surface area contributed by atoms with Gasteiger partial charge in [0.15, 0.2) is 0 Å². The van der Waals surface area contributed by atoms with Gasteiger partial charge in [-0.1, -0.05) is 0 Å². The van der Waals surface area contributed by atoms with E-state index in [1.165, 1.54) is 0 Å². The lowest BCUT2D eigenvalue weighted by atomic mass is 10.1. The lowest BCUT2D eigenvalue weighted by molar-refractivity contribution is 0.170. The van der Waals surface area contributed by atoms with Crippen LogP contribution in [0.3, 0.4) is 0 Å². The fraction of sp³-hybridized carbons (Fsp3) is 0.429. The largest absolute Gasteiger partial charge is 0.497 e. The SMILES string of the molecule is C#CCCNCC(O)c1cc(OC)ccc1OC. The Balaban J connectivity index is 2.70. The number of methoxy groups -OCH3 is 2. The van der Waals surface area contributed by atoms with Crippen LogP contribution in [0.1, 0.15) is 18.1 Å². The molecule has 0 aliphatic heterocycles. The Morgan fingerprint density at radius 3 is 2.78 bits per heavy atom. The first kappa shape index (κ1) is 14.4. The number of benzene rings is 1. The van der Waals surface area contributed by atoms with Crippen molar-refractivity contribution in [1.82, 2.24) is 5.32 Å². The number of hydrogen-bond acceptors (Lipinski definition) is 4. The van der Waals surface area contributed by atoms with E-state index in [2.05, 4.69) is 11.2 Å². The first-order valence-electron chi connectivity index (χ1n) is 5.77. The lowest BCUT2D eigenvalue weighted by Gasteiger charge is -2.16. The van der Waals surface area contributed by atoms with Crippen LogP contribution in [0.4, 0.5) is 0 Å². The monoisotopic (exact) mass is 249 g/mol. The van der Waals surface area contributed by atoms with Crippen LogP contribution in [-0.4, -0.2) is 32.4 Å². The highest BCUT2D eigenvalue weighted by atomic mass is 16.5. The summed E-state index contributed by atoms with van der Waals surface area (Å²) in [6.07, 6.45) is 5.13. The lowest BCUT2D eigenvalue weighted by Crippen LogP contribution is -2.22. The number of hydrogen-bond donors (Lipinski definition) is 2. The minimum Gasteiger partial charge on any atom is -0.497 e. The topological polar surface area (TPSA) is 50.7 Å². The predicted molar refractivity (Wildman–Crippen MR) is 70.8 cm³/mol. The van der Waals surface area contributed by atoms with Gasteiger partial charge in [-0.15, -0.1) is 12.3 Å². The summed E-state index contributed by atoms with van der Waals surface area (Å²) in [6.45, 7) is 1.10. The third kappa shape index (κ3) is 3.95. The molecule has 0 saturated heterocycles. The molecule has 18 heavy (non-hydrogen) atoms. The molecule has 0 aliphatic rings. The average Bonchev–Trinajstić information content (AvgIpc) is 2.42. The maximum absolute atomic E-state index is 10.1. The second-order valence-electron chi connectivity index (χ2n) is 3.78. The quantitative estimate of drug-likeness (QED) is 0.566. The van der Waals surface area contributed by atoms with E-state index in [-0.39, 0.29) is 0 Å². The Kier molecular flexibility index (Phi) is 6.06. The van der Waals surface area contributed by atoms with Gasteiger partial charge in [-0.3, -0.25) is 0 Å². The zero-order chi connectivity index (χ0) is 13.4. The number of aliphatic hydroxyl groups excluding tert-OH is 1. The normalized spacial score (nSPS) is 11.7. The maximum atomic E-state index is 10.1. The molecule has 0 fully saturated rings. The van der Waals surface area contributed by atoms with Gasteiger partial charge in [0.25, 0.3) is 0 Å². The fourth-order valence-corrected chi connectivity index (χ4v) is 1.61. The molecule has 0 aliphatic carbocycles. The summed E-state index contributed by atoms with van der Waals surface area (Å²) in [7, 11) is 3.16. The average molecular weight is 249 g/mol. The van der Waals surface area contributed by atoms with E-state index in [1.807, 2.05) is 0 Å². The zero-order valence-electron chi connectivity index (χ0n) is 10.8. The van der Waals surface area contributed by atoms with Gasteiger partial charge in [0, 0.05) is 25.1 Å². The number of rotatable bonds is 7. The van der Waals surface area contributed by atoms with E-state index in [4.69, 9.17) is 15.9 Å². The second-order valence-corrected chi connectivity index (χ2v) is 3.78. The summed E-state index contributed by atoms with van der Waals surface area (Å²) >= 11 is 0. The summed E-state index contributed by atoms with van der Waals surface area (Å²) in [5.74, 6) is 3.86. The Morgan fingerprint density at radius 2 is 2.17 bits per heavy atom. The molecule has 4 nitrogen and oxygen atoms in total. The molecule has 0 amide bonds. The van der Waals surface area contributed by atoms with Crippen LogP contribution in [0.15, 0.2) is 18.2 Å². The van der Waals surface area contributed by atoms with Crippen molar-refractivity contribution in [3.05, 3.63) is 23.8 Å². The van der Waals surface area contributed by atoms with Crippen LogP contribution >= 0.6 is 0 Å². The molecule has 0 radical (unpaired) electrons. The van der Waals surface area contributed by atoms with Crippen LogP contribution in [0, 0.1) is 12.3 Å². The predicted octanol–water partition coefficient (Wildman–Crippen LogP) is 1.35. The van der Waals surface area contributed by atoms with Crippen LogP contribution in [-0.2, 0) is 0 Å². The Hall–Kier alpha value is -1.70. The number of nitrogens with one attached hydrogen (secondary N) is 1. The van der Waals surface area contributed by atoms with Gasteiger partial charge in [-0.2, -0.15) is 0 Å². The molecular formula is C14H19NO3. The standard InChI is InChI=1S/C14H19NO3/c1-4-5-8-15-10-13(16)12-9-11(17-2)6-7-14(12)18-3/h1,6-7,9,13,15-16H,5,8,10H2,2-3H3. The van der Waals surface area contributed by atoms with E-state index in [1.54, 1.807) is 32.4 Å². The molecule has 0 saturated carbocycles. The summed E-state index contributed by atoms with van der Waals surface area (Å²) in [4.78, 5) is 0. The van der Waals surface area contributed by atoms with Crippen LogP contribution in [0.5, 0.6) is 11.5 Å². The fourth-order valence-electron chi connectivity index (χ4n) is 1.61. The van der Waals surface area contributed by atoms with Crippen molar-refractivity contribution in [2.24, 2.45) is 0 Å². The Bertz CT molecular complexity index is 412. The summed E-state index contributed by atoms with van der Waals surface area (Å²) in [5.41, 5.74) is 0.699. The van der Waals surface area contributed by atoms with Crippen LogP contribution in [0.2, 0.25) is 0 Å². The maximum Gasteiger partial charge on any atom is 0.124 e. The third-order valence-electron chi connectivity index (χ3n) is 2.58. The van der Waals surface area contributed by atoms with E-state index >= 15 is 0 Å². The van der Waals surface area contributed by atoms with Crippen molar-refractivity contribution < 1.29 is 14.6 Å². The van der Waals surface area contributed by atoms with E-state index in [0.717, 1.165) is 0 Å². The summed E-state index contributed by atoms with van der Waals surface area (Å²) < 4.78 is 10.4. The second kappa shape index (κ2) is 7.59. The molecule has 0 aromatic heterocycles. The van der Waals surface area contributed by atoms with Crippen molar-refractivity contribution >= 4 is 0 Å². The van der Waals surface area contributed by atoms with Crippen molar-refractivity contribution in [3.63, 3.8) is 0 Å². The Labute approximate surface area is 108 Å². The molecule has 98 valence electrons. The van der Waals surface area contributed by atoms with Gasteiger partial charge in [0.1, 0.15) is 11.5 Å². The van der Waals surface area contributed by atoms with Crippen LogP contribution in [0.25, 0.3) is 0 Å². The highest BCUT2D eigenvalue weighted by Crippen LogP contribution is 2.28. The molecule has 1 unspecified atom stereocenters. The van der Waals surface area contributed by atoms with Crippen LogP contribution < -0.4 is 14.8 Å². The van der Waals surface area contributed by atoms with Crippen molar-refractivity contribution in [2.45, 2.75) is 12.5 Å². The van der Waals surface area contributed by atoms with Crippen molar-refractivity contribution in [1.29, 1.82) is 0 Å². The van der Waals surface area contributed by atoms with Gasteiger partial charge in [0.05, 0.1) is 20.3 Å². The van der Waals surface area contributed by atoms with Crippen molar-refractivity contribution in [3.8, 4) is 23.8 Å². The van der Waals surface area contributed by atoms with E-state index < -0.39 is 6.10 Å². The number of terminal acetylenes is 1. The molecule has 0 spiro atoms. The molecule has 2 N–H and O–H groups in total. The number of aliphatic hydroxyl groups is 1. The number of ether oxygens (including phenoxy) is 2. The Morgan fingerprint density at radius 1 is 1.39 bits per heavy atom. The third-order valence-corrected chi connectivity index (χ3v) is 2.58. The van der Waals surface area contributed by atoms with Crippen molar-refractivity contribution in [2.75, 3.05) is 27.3 Å². The summed E-state index contributed by atoms with van der Waals surface area (Å²) in [6, 6.07) is 5.34. The minimum absolute atomic E-state index is 0.422. The van der Waals surface area contributed by atoms with E-state index in [0.29, 0.717) is 36.6 Å². The molecular weight excluding hydrogens is 230 g/mol. The molecule has 4 heteroatoms. The zero-order valence-corrected chi connectivity index (χ0v) is 10.8. The highest BCUT2D eigenvalue weighted by molar-refractivity contribution is 5.41. The van der Waals surface area contributed by atoms with Gasteiger partial charge in [-0.05, 0) is 18.2 Å². The molecule has 1 aromatic carbocycles. The van der Waals surface area contributed by atoms with Gasteiger partial charge in [0.2, 0.25) is 0 Å². The first-order valence-corrected chi connectivity index (χ1v) is 5.77. The summed E-state index contributed by atoms with van der Waals surface area (Å²) in [5, 5.41) is 13.2. The first-order chi connectivity index (χ1) is 8.72. The minimum atomic E-state index is -0.659. The molecule has 1 rings (SSSR count). The van der Waals surface area contributed by atoms with Gasteiger partial charge < -0.3 is 19.9 Å². The molecule has 0 bridgehead atoms. The molecule has 0 heterocycles. The smallest absolute Gasteiger partial charge is 0.124 e. The van der Waals surface area contributed by atoms with Gasteiger partial charge in [-0.25, -0.2) is 0 Å². The molecule has 1 aromatic rings. The van der Waals surface area contributed by atoms with Gasteiger partial charge >= 0.3 is 0 Å².